The first kappa shape index (κ1) is 18.9. The van der Waals surface area contributed by atoms with Crippen LogP contribution in [0.1, 0.15) is 36.6 Å². The summed E-state index contributed by atoms with van der Waals surface area (Å²) in [4.78, 5) is 33.7. The minimum atomic E-state index is -0.0590. The van der Waals surface area contributed by atoms with Crippen LogP contribution in [0.2, 0.25) is 0 Å². The molecule has 26 heavy (non-hydrogen) atoms. The molecule has 1 amide bonds. The molecule has 6 nitrogen and oxygen atoms in total. The zero-order valence-corrected chi connectivity index (χ0v) is 16.7. The van der Waals surface area contributed by atoms with Crippen molar-refractivity contribution in [3.05, 3.63) is 20.8 Å². The summed E-state index contributed by atoms with van der Waals surface area (Å²) in [6.07, 6.45) is 4.27. The molecule has 0 bridgehead atoms. The van der Waals surface area contributed by atoms with Gasteiger partial charge in [0.15, 0.2) is 5.16 Å². The summed E-state index contributed by atoms with van der Waals surface area (Å²) in [6, 6.07) is 2.04. The zero-order chi connectivity index (χ0) is 18.7. The van der Waals surface area contributed by atoms with Crippen molar-refractivity contribution in [2.75, 3.05) is 19.3 Å². The molecule has 0 aliphatic heterocycles. The third-order valence-corrected chi connectivity index (χ3v) is 6.69. The number of fused-ring (bicyclic) bond motifs is 3. The molecule has 0 aromatic carbocycles. The Bertz CT molecular complexity index is 926. The third kappa shape index (κ3) is 3.64. The van der Waals surface area contributed by atoms with Gasteiger partial charge in [-0.25, -0.2) is 4.98 Å². The number of thiophene rings is 1. The van der Waals surface area contributed by atoms with Gasteiger partial charge in [-0.2, -0.15) is 5.26 Å². The van der Waals surface area contributed by atoms with Gasteiger partial charge in [0.05, 0.1) is 23.6 Å². The first-order chi connectivity index (χ1) is 12.6. The second-order valence-electron chi connectivity index (χ2n) is 6.40. The van der Waals surface area contributed by atoms with Gasteiger partial charge in [0.2, 0.25) is 5.91 Å². The molecule has 1 aliphatic rings. The quantitative estimate of drug-likeness (QED) is 0.536. The average molecular weight is 391 g/mol. The van der Waals surface area contributed by atoms with Crippen LogP contribution < -0.4 is 5.56 Å². The lowest BCUT2D eigenvalue weighted by Gasteiger charge is -2.16. The minimum absolute atomic E-state index is 0.0315. The second kappa shape index (κ2) is 8.23. The Balaban J connectivity index is 1.88. The number of hydrogen-bond donors (Lipinski definition) is 0. The molecule has 2 heterocycles. The maximum atomic E-state index is 13.1. The highest BCUT2D eigenvalue weighted by atomic mass is 32.2. The molecule has 0 radical (unpaired) electrons. The van der Waals surface area contributed by atoms with Crippen molar-refractivity contribution in [3.63, 3.8) is 0 Å². The molecule has 8 heteroatoms. The molecule has 0 atom stereocenters. The maximum absolute atomic E-state index is 13.1. The summed E-state index contributed by atoms with van der Waals surface area (Å²) < 4.78 is 1.72. The van der Waals surface area contributed by atoms with Crippen molar-refractivity contribution < 1.29 is 4.79 Å². The fourth-order valence-corrected chi connectivity index (χ4v) is 5.44. The van der Waals surface area contributed by atoms with E-state index in [-0.39, 0.29) is 17.2 Å². The van der Waals surface area contributed by atoms with E-state index in [2.05, 4.69) is 0 Å². The third-order valence-electron chi connectivity index (χ3n) is 4.55. The van der Waals surface area contributed by atoms with E-state index in [1.165, 1.54) is 22.2 Å². The maximum Gasteiger partial charge on any atom is 0.263 e. The van der Waals surface area contributed by atoms with Gasteiger partial charge < -0.3 is 4.90 Å². The molecule has 0 spiro atoms. The molecule has 3 rings (SSSR count). The van der Waals surface area contributed by atoms with E-state index in [9.17, 15) is 9.59 Å². The van der Waals surface area contributed by atoms with Crippen molar-refractivity contribution >= 4 is 39.2 Å². The van der Waals surface area contributed by atoms with Gasteiger partial charge in [-0.3, -0.25) is 14.2 Å². The molecule has 1 aliphatic carbocycles. The number of aromatic nitrogens is 2. The summed E-state index contributed by atoms with van der Waals surface area (Å²) >= 11 is 2.94. The minimum Gasteiger partial charge on any atom is -0.344 e. The number of thioether (sulfide) groups is 1. The fourth-order valence-electron chi connectivity index (χ4n) is 3.17. The highest BCUT2D eigenvalue weighted by molar-refractivity contribution is 7.99. The molecule has 0 fully saturated rings. The predicted molar refractivity (Wildman–Crippen MR) is 105 cm³/mol. The first-order valence-corrected chi connectivity index (χ1v) is 10.7. The van der Waals surface area contributed by atoms with Crippen LogP contribution in [-0.4, -0.2) is 39.7 Å². The lowest BCUT2D eigenvalue weighted by molar-refractivity contribution is -0.127. The number of amides is 1. The Morgan fingerprint density at radius 2 is 2.27 bits per heavy atom. The first-order valence-electron chi connectivity index (χ1n) is 8.85. The van der Waals surface area contributed by atoms with E-state index in [1.807, 2.05) is 13.0 Å². The predicted octanol–water partition coefficient (Wildman–Crippen LogP) is 2.82. The van der Waals surface area contributed by atoms with Crippen LogP contribution in [-0.2, 0) is 24.2 Å². The van der Waals surface area contributed by atoms with E-state index >= 15 is 0 Å². The van der Waals surface area contributed by atoms with Gasteiger partial charge in [-0.15, -0.1) is 11.3 Å². The normalized spacial score (nSPS) is 13.0. The molecule has 2 aromatic heterocycles. The van der Waals surface area contributed by atoms with Gasteiger partial charge in [-0.1, -0.05) is 18.7 Å². The number of carbonyl (C=O) groups excluding carboxylic acids is 1. The van der Waals surface area contributed by atoms with Crippen molar-refractivity contribution in [2.24, 2.45) is 0 Å². The molecule has 0 saturated heterocycles. The number of hydrogen-bond acceptors (Lipinski definition) is 6. The van der Waals surface area contributed by atoms with Crippen LogP contribution >= 0.6 is 23.1 Å². The van der Waals surface area contributed by atoms with Crippen LogP contribution in [0.15, 0.2) is 9.95 Å². The van der Waals surface area contributed by atoms with Crippen molar-refractivity contribution in [3.8, 4) is 6.07 Å². The summed E-state index contributed by atoms with van der Waals surface area (Å²) in [6.45, 7) is 3.05. The smallest absolute Gasteiger partial charge is 0.263 e. The monoisotopic (exact) mass is 390 g/mol. The molecule has 0 unspecified atom stereocenters. The van der Waals surface area contributed by atoms with Gasteiger partial charge in [0.1, 0.15) is 4.83 Å². The molecule has 0 saturated carbocycles. The number of nitrogens with zero attached hydrogens (tertiary/aromatic N) is 4. The van der Waals surface area contributed by atoms with Crippen LogP contribution in [0.3, 0.4) is 0 Å². The Kier molecular flexibility index (Phi) is 5.99. The van der Waals surface area contributed by atoms with E-state index in [4.69, 9.17) is 10.2 Å². The summed E-state index contributed by atoms with van der Waals surface area (Å²) in [5.41, 5.74) is 1.22. The second-order valence-corrected chi connectivity index (χ2v) is 8.43. The van der Waals surface area contributed by atoms with Crippen LogP contribution in [0.5, 0.6) is 0 Å². The number of carbonyl (C=O) groups is 1. The summed E-state index contributed by atoms with van der Waals surface area (Å²) in [5.74, 6) is 0.158. The largest absolute Gasteiger partial charge is 0.344 e. The van der Waals surface area contributed by atoms with Crippen LogP contribution in [0.4, 0.5) is 0 Å². The number of aryl methyl sites for hydroxylation is 2. The summed E-state index contributed by atoms with van der Waals surface area (Å²) in [7, 11) is 1.69. The highest BCUT2D eigenvalue weighted by Crippen LogP contribution is 2.35. The van der Waals surface area contributed by atoms with E-state index in [1.54, 1.807) is 27.9 Å². The van der Waals surface area contributed by atoms with Crippen LogP contribution in [0.25, 0.3) is 10.2 Å². The van der Waals surface area contributed by atoms with Gasteiger partial charge in [0.25, 0.3) is 5.56 Å². The Morgan fingerprint density at radius 3 is 3.00 bits per heavy atom. The van der Waals surface area contributed by atoms with Crippen molar-refractivity contribution in [2.45, 2.75) is 50.7 Å². The molecule has 0 N–H and O–H groups in total. The topological polar surface area (TPSA) is 79.0 Å². The van der Waals surface area contributed by atoms with Gasteiger partial charge >= 0.3 is 0 Å². The zero-order valence-electron chi connectivity index (χ0n) is 15.1. The average Bonchev–Trinajstić information content (AvgIpc) is 3.20. The van der Waals surface area contributed by atoms with E-state index in [0.29, 0.717) is 24.7 Å². The lowest BCUT2D eigenvalue weighted by atomic mass is 10.2. The van der Waals surface area contributed by atoms with E-state index in [0.717, 1.165) is 35.9 Å². The van der Waals surface area contributed by atoms with Gasteiger partial charge in [-0.05, 0) is 31.2 Å². The fraction of sp³-hybridized carbons (Fsp3) is 0.556. The Labute approximate surface area is 160 Å². The van der Waals surface area contributed by atoms with Gasteiger partial charge in [0, 0.05) is 25.0 Å². The standard InChI is InChI=1S/C18H22N4O2S2/c1-3-9-22-17(24)15-12-6-4-7-13(12)26-16(15)20-18(22)25-11-14(23)21(2)10-5-8-19/h3-7,9-11H2,1-2H3. The van der Waals surface area contributed by atoms with Crippen molar-refractivity contribution in [1.82, 2.24) is 14.5 Å². The highest BCUT2D eigenvalue weighted by Gasteiger charge is 2.23. The molecule has 138 valence electrons. The molecule has 2 aromatic rings. The number of rotatable bonds is 7. The van der Waals surface area contributed by atoms with E-state index < -0.39 is 0 Å². The summed E-state index contributed by atoms with van der Waals surface area (Å²) in [5, 5.41) is 10.0. The lowest BCUT2D eigenvalue weighted by Crippen LogP contribution is -2.30. The number of nitriles is 1. The SMILES string of the molecule is CCCn1c(SCC(=O)N(C)CCC#N)nc2sc3c(c2c1=O)CCC3. The molecular weight excluding hydrogens is 368 g/mol. The molecular formula is C18H22N4O2S2. The Hall–Kier alpha value is -1.85. The van der Waals surface area contributed by atoms with Crippen molar-refractivity contribution in [1.29, 1.82) is 5.26 Å². The Morgan fingerprint density at radius 1 is 1.46 bits per heavy atom. The van der Waals surface area contributed by atoms with Crippen LogP contribution in [0, 0.1) is 11.3 Å².